The van der Waals surface area contributed by atoms with Crippen LogP contribution in [0.4, 0.5) is 4.39 Å². The average molecular weight is 256 g/mol. The molecule has 0 saturated carbocycles. The number of aromatic amines is 1. The Hall–Kier alpha value is -1.95. The van der Waals surface area contributed by atoms with Crippen LogP contribution in [0.1, 0.15) is 5.69 Å². The second-order valence-electron chi connectivity index (χ2n) is 3.31. The predicted octanol–water partition coefficient (Wildman–Crippen LogP) is 1.02. The van der Waals surface area contributed by atoms with Crippen LogP contribution in [0.25, 0.3) is 5.69 Å². The van der Waals surface area contributed by atoms with Gasteiger partial charge in [0.25, 0.3) is 5.56 Å². The average Bonchev–Trinajstić information content (AvgIpc) is 2.29. The molecule has 0 bridgehead atoms. The fourth-order valence-electron chi connectivity index (χ4n) is 1.42. The van der Waals surface area contributed by atoms with E-state index in [4.69, 9.17) is 11.6 Å². The Labute approximate surface area is 99.5 Å². The molecule has 0 aromatic carbocycles. The lowest BCUT2D eigenvalue weighted by molar-refractivity contribution is 0.584. The molecule has 2 heterocycles. The Morgan fingerprint density at radius 1 is 1.47 bits per heavy atom. The van der Waals surface area contributed by atoms with E-state index in [-0.39, 0.29) is 5.69 Å². The van der Waals surface area contributed by atoms with Crippen molar-refractivity contribution in [2.75, 3.05) is 0 Å². The van der Waals surface area contributed by atoms with Gasteiger partial charge in [-0.15, -0.1) is 0 Å². The number of rotatable bonds is 1. The highest BCUT2D eigenvalue weighted by atomic mass is 35.5. The summed E-state index contributed by atoms with van der Waals surface area (Å²) in [4.78, 5) is 29.2. The van der Waals surface area contributed by atoms with Gasteiger partial charge in [0.1, 0.15) is 0 Å². The highest BCUT2D eigenvalue weighted by molar-refractivity contribution is 6.29. The number of aromatic nitrogens is 3. The van der Waals surface area contributed by atoms with Crippen LogP contribution in [0.3, 0.4) is 0 Å². The van der Waals surface area contributed by atoms with E-state index in [2.05, 4.69) is 4.98 Å². The van der Waals surface area contributed by atoms with Crippen LogP contribution in [0.15, 0.2) is 27.9 Å². The highest BCUT2D eigenvalue weighted by Gasteiger charge is 2.14. The monoisotopic (exact) mass is 255 g/mol. The Bertz CT molecular complexity index is 693. The van der Waals surface area contributed by atoms with Gasteiger partial charge in [0, 0.05) is 6.20 Å². The van der Waals surface area contributed by atoms with E-state index in [1.165, 1.54) is 12.3 Å². The molecule has 0 aliphatic heterocycles. The topological polar surface area (TPSA) is 67.8 Å². The molecule has 0 aliphatic carbocycles. The largest absolute Gasteiger partial charge is 0.334 e. The first kappa shape index (κ1) is 11.5. The summed E-state index contributed by atoms with van der Waals surface area (Å²) in [6, 6.07) is 3.03. The zero-order valence-corrected chi connectivity index (χ0v) is 9.45. The van der Waals surface area contributed by atoms with Crippen molar-refractivity contribution >= 4 is 11.6 Å². The molecule has 0 unspecified atom stereocenters. The van der Waals surface area contributed by atoms with Gasteiger partial charge in [-0.25, -0.2) is 9.36 Å². The highest BCUT2D eigenvalue weighted by Crippen LogP contribution is 2.08. The molecular formula is C10H7ClFN3O2. The second kappa shape index (κ2) is 4.14. The maximum Gasteiger partial charge on any atom is 0.334 e. The Balaban J connectivity index is 2.87. The zero-order chi connectivity index (χ0) is 12.6. The zero-order valence-electron chi connectivity index (χ0n) is 8.70. The first-order valence-corrected chi connectivity index (χ1v) is 5.02. The Kier molecular flexibility index (Phi) is 2.81. The van der Waals surface area contributed by atoms with Gasteiger partial charge in [-0.05, 0) is 19.1 Å². The van der Waals surface area contributed by atoms with E-state index in [9.17, 15) is 14.0 Å². The van der Waals surface area contributed by atoms with Crippen molar-refractivity contribution in [1.82, 2.24) is 14.5 Å². The number of hydrogen-bond donors (Lipinski definition) is 1. The van der Waals surface area contributed by atoms with Crippen LogP contribution >= 0.6 is 11.6 Å². The SMILES string of the molecule is Cc1ncccc1-n1c(=O)[nH]c(Cl)c(F)c1=O. The van der Waals surface area contributed by atoms with Gasteiger partial charge >= 0.3 is 5.69 Å². The van der Waals surface area contributed by atoms with Gasteiger partial charge in [-0.3, -0.25) is 14.8 Å². The molecule has 2 aromatic rings. The number of nitrogens with one attached hydrogen (secondary N) is 1. The summed E-state index contributed by atoms with van der Waals surface area (Å²) in [5, 5.41) is -0.599. The lowest BCUT2D eigenvalue weighted by Gasteiger charge is -2.07. The summed E-state index contributed by atoms with van der Waals surface area (Å²) in [5.74, 6) is -1.20. The number of nitrogens with zero attached hydrogens (tertiary/aromatic N) is 2. The van der Waals surface area contributed by atoms with Crippen molar-refractivity contribution in [3.05, 3.63) is 55.8 Å². The van der Waals surface area contributed by atoms with Gasteiger partial charge in [0.2, 0.25) is 5.82 Å². The van der Waals surface area contributed by atoms with Crippen LogP contribution in [-0.4, -0.2) is 14.5 Å². The van der Waals surface area contributed by atoms with Gasteiger partial charge in [0.05, 0.1) is 11.4 Å². The summed E-state index contributed by atoms with van der Waals surface area (Å²) in [7, 11) is 0. The minimum absolute atomic E-state index is 0.217. The molecule has 88 valence electrons. The van der Waals surface area contributed by atoms with E-state index in [0.717, 1.165) is 0 Å². The number of H-pyrrole nitrogens is 1. The maximum atomic E-state index is 13.3. The van der Waals surface area contributed by atoms with E-state index >= 15 is 0 Å². The summed E-state index contributed by atoms with van der Waals surface area (Å²) >= 11 is 5.36. The van der Waals surface area contributed by atoms with Crippen molar-refractivity contribution in [2.45, 2.75) is 6.92 Å². The Morgan fingerprint density at radius 2 is 2.18 bits per heavy atom. The van der Waals surface area contributed by atoms with Crippen molar-refractivity contribution in [3.63, 3.8) is 0 Å². The number of hydrogen-bond acceptors (Lipinski definition) is 3. The van der Waals surface area contributed by atoms with Crippen LogP contribution < -0.4 is 11.2 Å². The molecular weight excluding hydrogens is 249 g/mol. The molecule has 5 nitrogen and oxygen atoms in total. The summed E-state index contributed by atoms with van der Waals surface area (Å²) in [6.45, 7) is 1.60. The summed E-state index contributed by atoms with van der Waals surface area (Å²) < 4.78 is 14.0. The molecule has 0 fully saturated rings. The number of halogens is 2. The third kappa shape index (κ3) is 1.87. The van der Waals surface area contributed by atoms with Crippen molar-refractivity contribution in [2.24, 2.45) is 0 Å². The molecule has 2 aromatic heterocycles. The molecule has 0 amide bonds. The normalized spacial score (nSPS) is 10.5. The van der Waals surface area contributed by atoms with E-state index < -0.39 is 22.2 Å². The molecule has 0 radical (unpaired) electrons. The predicted molar refractivity (Wildman–Crippen MR) is 60.2 cm³/mol. The molecule has 17 heavy (non-hydrogen) atoms. The van der Waals surface area contributed by atoms with Crippen LogP contribution in [0, 0.1) is 12.7 Å². The standard InChI is InChI=1S/C10H7ClFN3O2/c1-5-6(3-2-4-13-5)15-9(16)7(12)8(11)14-10(15)17/h2-4H,1H3,(H,14,17). The van der Waals surface area contributed by atoms with Gasteiger partial charge in [0.15, 0.2) is 5.15 Å². The van der Waals surface area contributed by atoms with Crippen LogP contribution in [0.5, 0.6) is 0 Å². The molecule has 2 rings (SSSR count). The summed E-state index contributed by atoms with van der Waals surface area (Å²) in [5.41, 5.74) is -1.26. The van der Waals surface area contributed by atoms with Gasteiger partial charge in [-0.1, -0.05) is 11.6 Å². The second-order valence-corrected chi connectivity index (χ2v) is 3.68. The fraction of sp³-hybridized carbons (Fsp3) is 0.100. The maximum absolute atomic E-state index is 13.3. The Morgan fingerprint density at radius 3 is 2.82 bits per heavy atom. The quantitative estimate of drug-likeness (QED) is 0.774. The molecule has 0 aliphatic rings. The van der Waals surface area contributed by atoms with E-state index in [0.29, 0.717) is 10.3 Å². The van der Waals surface area contributed by atoms with Crippen molar-refractivity contribution in [3.8, 4) is 5.69 Å². The first-order chi connectivity index (χ1) is 8.02. The van der Waals surface area contributed by atoms with E-state index in [1.54, 1.807) is 13.0 Å². The lowest BCUT2D eigenvalue weighted by Crippen LogP contribution is -2.36. The van der Waals surface area contributed by atoms with Crippen LogP contribution in [-0.2, 0) is 0 Å². The third-order valence-corrected chi connectivity index (χ3v) is 2.48. The molecule has 7 heteroatoms. The van der Waals surface area contributed by atoms with Crippen LogP contribution in [0.2, 0.25) is 5.15 Å². The van der Waals surface area contributed by atoms with Gasteiger partial charge < -0.3 is 0 Å². The molecule has 0 saturated heterocycles. The smallest absolute Gasteiger partial charge is 0.295 e. The lowest BCUT2D eigenvalue weighted by atomic mass is 10.3. The van der Waals surface area contributed by atoms with E-state index in [1.807, 2.05) is 4.98 Å². The van der Waals surface area contributed by atoms with Crippen molar-refractivity contribution in [1.29, 1.82) is 0 Å². The van der Waals surface area contributed by atoms with Gasteiger partial charge in [-0.2, -0.15) is 4.39 Å². The number of pyridine rings is 1. The summed E-state index contributed by atoms with van der Waals surface area (Å²) in [6.07, 6.45) is 1.50. The minimum atomic E-state index is -1.20. The fourth-order valence-corrected chi connectivity index (χ4v) is 1.58. The third-order valence-electron chi connectivity index (χ3n) is 2.22. The molecule has 0 spiro atoms. The first-order valence-electron chi connectivity index (χ1n) is 4.64. The minimum Gasteiger partial charge on any atom is -0.295 e. The number of aryl methyl sites for hydroxylation is 1. The van der Waals surface area contributed by atoms with Crippen molar-refractivity contribution < 1.29 is 4.39 Å². The molecule has 0 atom stereocenters. The molecule has 1 N–H and O–H groups in total.